The number of amides is 2. The van der Waals surface area contributed by atoms with Crippen molar-refractivity contribution < 1.29 is 58.1 Å². The van der Waals surface area contributed by atoms with Crippen molar-refractivity contribution in [2.75, 3.05) is 17.2 Å². The zero-order valence-electron chi connectivity index (χ0n) is 31.0. The summed E-state index contributed by atoms with van der Waals surface area (Å²) in [7, 11) is 0. The van der Waals surface area contributed by atoms with Gasteiger partial charge in [0, 0.05) is 35.6 Å². The molecule has 0 heterocycles. The summed E-state index contributed by atoms with van der Waals surface area (Å²) in [6, 6.07) is 22.5. The van der Waals surface area contributed by atoms with Crippen LogP contribution in [-0.4, -0.2) is 28.2 Å². The normalized spacial score (nSPS) is 11.4. The van der Waals surface area contributed by atoms with Crippen molar-refractivity contribution in [3.05, 3.63) is 140 Å². The Bertz CT molecular complexity index is 1930. The number of anilines is 2. The van der Waals surface area contributed by atoms with Gasteiger partial charge < -0.3 is 36.8 Å². The number of para-hydroxylation sites is 2. The molecule has 0 aliphatic rings. The molecular weight excluding hydrogens is 777 g/mol. The van der Waals surface area contributed by atoms with Gasteiger partial charge in [0.1, 0.15) is 11.4 Å². The van der Waals surface area contributed by atoms with Gasteiger partial charge >= 0.3 is 18.2 Å². The number of nitrogens with one attached hydrogen (secondary N) is 2. The maximum atomic E-state index is 12.1. The monoisotopic (exact) mass is 813 g/mol. The second-order valence-corrected chi connectivity index (χ2v) is 10.8. The van der Waals surface area contributed by atoms with E-state index in [0.717, 1.165) is 56.8 Å². The number of azo groups is 2. The van der Waals surface area contributed by atoms with Crippen LogP contribution in [0.3, 0.4) is 0 Å². The van der Waals surface area contributed by atoms with E-state index in [2.05, 4.69) is 38.0 Å². The van der Waals surface area contributed by atoms with Crippen molar-refractivity contribution in [1.29, 1.82) is 0 Å². The first-order valence-corrected chi connectivity index (χ1v) is 16.1. The summed E-state index contributed by atoms with van der Waals surface area (Å²) in [4.78, 5) is 44.3. The first kappa shape index (κ1) is 47.0. The fraction of sp³-hybridized carbons (Fsp3) is 0.167. The quantitative estimate of drug-likeness (QED) is 0.0572. The van der Waals surface area contributed by atoms with Crippen LogP contribution in [0.25, 0.3) is 0 Å². The van der Waals surface area contributed by atoms with Crippen LogP contribution in [0.5, 0.6) is 11.5 Å². The summed E-state index contributed by atoms with van der Waals surface area (Å²) in [6.07, 6.45) is 2.39. The molecule has 19 nitrogen and oxygen atoms in total. The Hall–Kier alpha value is -7.03. The minimum atomic E-state index is -0.805. The Morgan fingerprint density at radius 2 is 1.04 bits per heavy atom. The van der Waals surface area contributed by atoms with E-state index >= 15 is 0 Å². The zero-order chi connectivity index (χ0) is 40.9. The Kier molecular flexibility index (Phi) is 20.4. The molecule has 4 aromatic carbocycles. The summed E-state index contributed by atoms with van der Waals surface area (Å²) in [5.74, 6) is -4.20. The van der Waals surface area contributed by atoms with Crippen LogP contribution in [0, 0.1) is 20.2 Å². The molecule has 56 heavy (non-hydrogen) atoms. The largest absolute Gasteiger partial charge is 3.00 e. The Labute approximate surface area is 332 Å². The Balaban J connectivity index is 0.000000953. The van der Waals surface area contributed by atoms with Gasteiger partial charge in [0.25, 0.3) is 23.2 Å². The number of nitrogens with two attached hydrogens (primary N) is 1. The van der Waals surface area contributed by atoms with E-state index in [4.69, 9.17) is 5.73 Å². The first-order chi connectivity index (χ1) is 26.2. The predicted molar refractivity (Wildman–Crippen MR) is 195 cm³/mol. The molecule has 0 aliphatic heterocycles. The van der Waals surface area contributed by atoms with Crippen molar-refractivity contribution in [1.82, 2.24) is 0 Å². The van der Waals surface area contributed by atoms with Crippen molar-refractivity contribution in [3.63, 3.8) is 0 Å². The SMILES string of the molecule is C/C([O-])=C(/N=Nc1cc([N+](=O)[O-])ccc1[O-])C(=O)Nc1ccccc1.C/C([O-])=C(/N=Nc1cc([N+](=O)[O-])ccc1[O-])C(=O)Nc1ccccc1.CCCCN.[Co+3].[H+]. The van der Waals surface area contributed by atoms with Crippen molar-refractivity contribution in [2.24, 2.45) is 26.2 Å². The van der Waals surface area contributed by atoms with Gasteiger partial charge in [0.05, 0.1) is 21.2 Å². The average molecular weight is 814 g/mol. The van der Waals surface area contributed by atoms with E-state index in [1.807, 2.05) is 0 Å². The average Bonchev–Trinajstić information content (AvgIpc) is 3.14. The van der Waals surface area contributed by atoms with Gasteiger partial charge in [-0.2, -0.15) is 10.2 Å². The number of carbonyl (C=O) groups is 2. The molecule has 0 aliphatic carbocycles. The van der Waals surface area contributed by atoms with Crippen LogP contribution in [0.4, 0.5) is 34.1 Å². The maximum absolute atomic E-state index is 12.1. The fourth-order valence-corrected chi connectivity index (χ4v) is 3.78. The molecule has 0 unspecified atom stereocenters. The molecule has 0 fully saturated rings. The van der Waals surface area contributed by atoms with Crippen LogP contribution in [0.1, 0.15) is 35.0 Å². The van der Waals surface area contributed by atoms with Crippen LogP contribution in [-0.2, 0) is 26.4 Å². The van der Waals surface area contributed by atoms with Gasteiger partial charge in [-0.3, -0.25) is 29.8 Å². The number of nitrogens with zero attached hydrogens (tertiary/aromatic N) is 6. The van der Waals surface area contributed by atoms with Gasteiger partial charge in [-0.1, -0.05) is 87.2 Å². The van der Waals surface area contributed by atoms with Crippen LogP contribution in [0.2, 0.25) is 0 Å². The smallest absolute Gasteiger partial charge is 0.874 e. The van der Waals surface area contributed by atoms with Crippen LogP contribution >= 0.6 is 0 Å². The van der Waals surface area contributed by atoms with Gasteiger partial charge in [-0.25, -0.2) is 0 Å². The van der Waals surface area contributed by atoms with Gasteiger partial charge in [0.15, 0.2) is 0 Å². The van der Waals surface area contributed by atoms with Crippen LogP contribution in [0.15, 0.2) is 140 Å². The number of benzene rings is 4. The third-order valence-corrected chi connectivity index (χ3v) is 6.54. The van der Waals surface area contributed by atoms with Gasteiger partial charge in [-0.05, 0) is 37.2 Å². The Morgan fingerprint density at radius 3 is 1.30 bits per heavy atom. The number of hydrogen-bond donors (Lipinski definition) is 3. The molecule has 4 rings (SSSR count). The molecule has 0 spiro atoms. The fourth-order valence-electron chi connectivity index (χ4n) is 3.78. The van der Waals surface area contributed by atoms with E-state index in [1.165, 1.54) is 12.8 Å². The summed E-state index contributed by atoms with van der Waals surface area (Å²) in [6.45, 7) is 5.21. The number of nitro groups is 2. The molecule has 0 saturated heterocycles. The number of carbonyl (C=O) groups excluding carboxylic acids is 2. The molecule has 20 heteroatoms. The third kappa shape index (κ3) is 15.9. The number of nitro benzene ring substituents is 2. The Morgan fingerprint density at radius 1 is 0.679 bits per heavy atom. The number of rotatable bonds is 12. The molecule has 4 aromatic rings. The predicted octanol–water partition coefficient (Wildman–Crippen LogP) is 4.82. The van der Waals surface area contributed by atoms with Crippen molar-refractivity contribution in [2.45, 2.75) is 33.6 Å². The molecular formula is C36H36CoN9O10. The van der Waals surface area contributed by atoms with Crippen LogP contribution < -0.4 is 36.8 Å². The van der Waals surface area contributed by atoms with E-state index < -0.39 is 56.1 Å². The minimum Gasteiger partial charge on any atom is -0.874 e. The third-order valence-electron chi connectivity index (χ3n) is 6.54. The maximum Gasteiger partial charge on any atom is 3.00 e. The molecule has 4 N–H and O–H groups in total. The first-order valence-electron chi connectivity index (χ1n) is 16.1. The van der Waals surface area contributed by atoms with E-state index in [0.29, 0.717) is 11.4 Å². The number of non-ortho nitro benzene ring substituents is 2. The topological polar surface area (TPSA) is 312 Å². The van der Waals surface area contributed by atoms with Crippen molar-refractivity contribution >= 4 is 45.9 Å². The minimum absolute atomic E-state index is 0. The second-order valence-electron chi connectivity index (χ2n) is 10.8. The summed E-state index contributed by atoms with van der Waals surface area (Å²) >= 11 is 0. The number of allylic oxidation sites excluding steroid dienone is 2. The molecule has 0 bridgehead atoms. The standard InChI is InChI=1S/2C16H14N4O5.C4H11N.Co/c2*1-10(21)15(16(23)17-11-5-3-2-4-6-11)19-18-13-9-12(20(24)25)7-8-14(13)22;1-2-3-4-5;/h2*2-9,21-22H,1H3,(H,17,23);2-5H2,1H3;/q;;;+3/p-3/b2*15-10-,19-18?;;. The van der Waals surface area contributed by atoms with Crippen molar-refractivity contribution in [3.8, 4) is 11.5 Å². The summed E-state index contributed by atoms with van der Waals surface area (Å²) < 4.78 is 0. The molecule has 294 valence electrons. The van der Waals surface area contributed by atoms with E-state index in [-0.39, 0.29) is 41.0 Å². The zero-order valence-corrected chi connectivity index (χ0v) is 31.1. The molecule has 0 radical (unpaired) electrons. The summed E-state index contributed by atoms with van der Waals surface area (Å²) in [5.41, 5.74) is 3.56. The molecule has 0 atom stereocenters. The molecule has 2 amide bonds. The van der Waals surface area contributed by atoms with Gasteiger partial charge in [-0.15, -0.1) is 21.7 Å². The number of hydrogen-bond acceptors (Lipinski definition) is 15. The van der Waals surface area contributed by atoms with E-state index in [1.54, 1.807) is 60.7 Å². The summed E-state index contributed by atoms with van der Waals surface area (Å²) in [5, 5.41) is 87.0. The van der Waals surface area contributed by atoms with Gasteiger partial charge in [0.2, 0.25) is 0 Å². The van der Waals surface area contributed by atoms with E-state index in [9.17, 15) is 50.2 Å². The molecule has 0 saturated carbocycles. The molecule has 0 aromatic heterocycles. The number of unbranched alkanes of at least 4 members (excludes halogenated alkanes) is 1. The second kappa shape index (κ2) is 24.3.